The number of halogens is 2. The first-order chi connectivity index (χ1) is 15.4. The molecular weight excluding hydrogens is 431 g/mol. The summed E-state index contributed by atoms with van der Waals surface area (Å²) in [4.78, 5) is 25.9. The van der Waals surface area contributed by atoms with Gasteiger partial charge in [0.05, 0.1) is 6.20 Å². The summed E-state index contributed by atoms with van der Waals surface area (Å²) in [5.74, 6) is -0.545. The van der Waals surface area contributed by atoms with Crippen LogP contribution in [0.2, 0.25) is 5.02 Å². The maximum Gasteiger partial charge on any atom is 0.261 e. The molecule has 0 saturated carbocycles. The molecule has 2 aliphatic rings. The molecule has 0 fully saturated rings. The van der Waals surface area contributed by atoms with E-state index in [0.29, 0.717) is 47.6 Å². The van der Waals surface area contributed by atoms with Gasteiger partial charge in [-0.25, -0.2) is 9.07 Å². The number of fused-ring (bicyclic) bond motifs is 1. The second kappa shape index (κ2) is 7.91. The standard InChI is InChI=1S/C24H20ClFN4O2/c1-13-8-10-14(11-9-13)28-24(32)15-12-27-30-22(20-16(25)4-2-5-17(20)26)21-18(29-23(15)30)6-3-7-19(21)31/h2,4-5,8-12,22,29H,3,6-7H2,1H3,(H,28,32)/t22-/m0/s1. The maximum atomic E-state index is 14.9. The summed E-state index contributed by atoms with van der Waals surface area (Å²) in [6.45, 7) is 1.97. The third-order valence-corrected chi connectivity index (χ3v) is 6.20. The van der Waals surface area contributed by atoms with Gasteiger partial charge in [-0.1, -0.05) is 35.4 Å². The van der Waals surface area contributed by atoms with E-state index in [1.807, 2.05) is 31.2 Å². The fourth-order valence-corrected chi connectivity index (χ4v) is 4.56. The molecule has 5 rings (SSSR count). The average Bonchev–Trinajstić information content (AvgIpc) is 3.19. The van der Waals surface area contributed by atoms with Gasteiger partial charge in [0.25, 0.3) is 5.91 Å². The fraction of sp³-hybridized carbons (Fsp3) is 0.208. The molecule has 1 atom stereocenters. The zero-order valence-electron chi connectivity index (χ0n) is 17.3. The first-order valence-corrected chi connectivity index (χ1v) is 10.7. The van der Waals surface area contributed by atoms with Crippen molar-refractivity contribution in [3.63, 3.8) is 0 Å². The van der Waals surface area contributed by atoms with E-state index in [1.165, 1.54) is 23.0 Å². The number of aryl methyl sites for hydroxylation is 1. The molecule has 0 unspecified atom stereocenters. The van der Waals surface area contributed by atoms with E-state index < -0.39 is 11.9 Å². The molecule has 2 aromatic carbocycles. The summed E-state index contributed by atoms with van der Waals surface area (Å²) in [6, 6.07) is 11.0. The highest BCUT2D eigenvalue weighted by molar-refractivity contribution is 6.31. The van der Waals surface area contributed by atoms with Crippen molar-refractivity contribution < 1.29 is 14.0 Å². The number of aromatic nitrogens is 2. The number of carbonyl (C=O) groups is 2. The van der Waals surface area contributed by atoms with Gasteiger partial charge in [-0.2, -0.15) is 5.10 Å². The third kappa shape index (κ3) is 3.39. The molecule has 1 amide bonds. The van der Waals surface area contributed by atoms with E-state index in [2.05, 4.69) is 15.7 Å². The first-order valence-electron chi connectivity index (χ1n) is 10.4. The van der Waals surface area contributed by atoms with Crippen LogP contribution in [0.4, 0.5) is 15.9 Å². The molecule has 162 valence electrons. The van der Waals surface area contributed by atoms with Gasteiger partial charge < -0.3 is 10.6 Å². The van der Waals surface area contributed by atoms with Crippen LogP contribution in [0.15, 0.2) is 59.9 Å². The highest BCUT2D eigenvalue weighted by Crippen LogP contribution is 2.44. The van der Waals surface area contributed by atoms with Gasteiger partial charge in [0, 0.05) is 34.0 Å². The van der Waals surface area contributed by atoms with E-state index >= 15 is 0 Å². The molecule has 6 nitrogen and oxygen atoms in total. The van der Waals surface area contributed by atoms with Gasteiger partial charge in [0.1, 0.15) is 23.2 Å². The highest BCUT2D eigenvalue weighted by atomic mass is 35.5. The molecule has 1 aliphatic carbocycles. The molecular formula is C24H20ClFN4O2. The normalized spacial score (nSPS) is 17.5. The highest BCUT2D eigenvalue weighted by Gasteiger charge is 2.39. The van der Waals surface area contributed by atoms with Crippen molar-refractivity contribution >= 4 is 34.8 Å². The lowest BCUT2D eigenvalue weighted by Crippen LogP contribution is -2.32. The summed E-state index contributed by atoms with van der Waals surface area (Å²) < 4.78 is 16.4. The van der Waals surface area contributed by atoms with Crippen LogP contribution in [-0.4, -0.2) is 21.5 Å². The number of amides is 1. The Morgan fingerprint density at radius 1 is 1.22 bits per heavy atom. The zero-order valence-corrected chi connectivity index (χ0v) is 18.0. The number of hydrogen-bond acceptors (Lipinski definition) is 4. The summed E-state index contributed by atoms with van der Waals surface area (Å²) >= 11 is 6.38. The van der Waals surface area contributed by atoms with Crippen molar-refractivity contribution in [3.8, 4) is 0 Å². The largest absolute Gasteiger partial charge is 0.343 e. The van der Waals surface area contributed by atoms with Crippen molar-refractivity contribution in [1.29, 1.82) is 0 Å². The van der Waals surface area contributed by atoms with Crippen molar-refractivity contribution in [1.82, 2.24) is 9.78 Å². The molecule has 0 spiro atoms. The number of nitrogens with zero attached hydrogens (tertiary/aromatic N) is 2. The van der Waals surface area contributed by atoms with Crippen LogP contribution >= 0.6 is 11.6 Å². The lowest BCUT2D eigenvalue weighted by molar-refractivity contribution is -0.116. The minimum atomic E-state index is -0.844. The van der Waals surface area contributed by atoms with E-state index in [9.17, 15) is 14.0 Å². The Balaban J connectivity index is 1.61. The molecule has 0 saturated heterocycles. The van der Waals surface area contributed by atoms with Gasteiger partial charge in [0.2, 0.25) is 0 Å². The SMILES string of the molecule is Cc1ccc(NC(=O)c2cnn3c2NC2=C(C(=O)CCC2)[C@@H]3c2c(F)cccc2Cl)cc1. The number of benzene rings is 2. The monoisotopic (exact) mass is 450 g/mol. The molecule has 0 bridgehead atoms. The number of carbonyl (C=O) groups excluding carboxylic acids is 2. The zero-order chi connectivity index (χ0) is 22.4. The van der Waals surface area contributed by atoms with Gasteiger partial charge in [-0.15, -0.1) is 0 Å². The number of rotatable bonds is 3. The van der Waals surface area contributed by atoms with Crippen LogP contribution in [0.5, 0.6) is 0 Å². The number of hydrogen-bond donors (Lipinski definition) is 2. The van der Waals surface area contributed by atoms with Gasteiger partial charge in [0.15, 0.2) is 5.78 Å². The van der Waals surface area contributed by atoms with E-state index in [1.54, 1.807) is 6.07 Å². The fourth-order valence-electron chi connectivity index (χ4n) is 4.30. The smallest absolute Gasteiger partial charge is 0.261 e. The van der Waals surface area contributed by atoms with E-state index in [4.69, 9.17) is 11.6 Å². The Morgan fingerprint density at radius 3 is 2.75 bits per heavy atom. The quantitative estimate of drug-likeness (QED) is 0.570. The van der Waals surface area contributed by atoms with E-state index in [0.717, 1.165) is 5.56 Å². The Kier molecular flexibility index (Phi) is 5.06. The Morgan fingerprint density at radius 2 is 2.00 bits per heavy atom. The average molecular weight is 451 g/mol. The lowest BCUT2D eigenvalue weighted by atomic mass is 9.85. The van der Waals surface area contributed by atoms with Crippen molar-refractivity contribution in [2.75, 3.05) is 10.6 Å². The molecule has 3 aromatic rings. The number of anilines is 2. The Hall–Kier alpha value is -3.45. The van der Waals surface area contributed by atoms with Crippen LogP contribution in [0.3, 0.4) is 0 Å². The van der Waals surface area contributed by atoms with Crippen molar-refractivity contribution in [2.24, 2.45) is 0 Å². The molecule has 1 aromatic heterocycles. The number of allylic oxidation sites excluding steroid dienone is 2. The number of nitrogens with one attached hydrogen (secondary N) is 2. The second-order valence-electron chi connectivity index (χ2n) is 8.00. The van der Waals surface area contributed by atoms with Gasteiger partial charge >= 0.3 is 0 Å². The predicted octanol–water partition coefficient (Wildman–Crippen LogP) is 5.26. The number of ketones is 1. The molecule has 1 aliphatic heterocycles. The third-order valence-electron chi connectivity index (χ3n) is 5.87. The molecule has 0 radical (unpaired) electrons. The van der Waals surface area contributed by atoms with Crippen LogP contribution in [0, 0.1) is 12.7 Å². The lowest BCUT2D eigenvalue weighted by Gasteiger charge is -2.34. The van der Waals surface area contributed by atoms with Crippen LogP contribution in [0.25, 0.3) is 0 Å². The summed E-state index contributed by atoms with van der Waals surface area (Å²) in [5.41, 5.74) is 3.34. The molecule has 8 heteroatoms. The predicted molar refractivity (Wildman–Crippen MR) is 120 cm³/mol. The topological polar surface area (TPSA) is 76.0 Å². The van der Waals surface area contributed by atoms with Gasteiger partial charge in [-0.3, -0.25) is 9.59 Å². The minimum Gasteiger partial charge on any atom is -0.343 e. The van der Waals surface area contributed by atoms with Crippen LogP contribution < -0.4 is 10.6 Å². The Bertz CT molecular complexity index is 1260. The molecule has 2 N–H and O–H groups in total. The van der Waals surface area contributed by atoms with Crippen LogP contribution in [0.1, 0.15) is 46.8 Å². The summed E-state index contributed by atoms with van der Waals surface area (Å²) in [7, 11) is 0. The molecule has 32 heavy (non-hydrogen) atoms. The second-order valence-corrected chi connectivity index (χ2v) is 8.41. The summed E-state index contributed by atoms with van der Waals surface area (Å²) in [5, 5.41) is 10.7. The maximum absolute atomic E-state index is 14.9. The van der Waals surface area contributed by atoms with Crippen molar-refractivity contribution in [2.45, 2.75) is 32.2 Å². The Labute approximate surface area is 189 Å². The summed E-state index contributed by atoms with van der Waals surface area (Å²) in [6.07, 6.45) is 3.10. The molecule has 2 heterocycles. The van der Waals surface area contributed by atoms with Gasteiger partial charge in [-0.05, 0) is 44.0 Å². The minimum absolute atomic E-state index is 0.0742. The van der Waals surface area contributed by atoms with E-state index in [-0.39, 0.29) is 22.3 Å². The van der Waals surface area contributed by atoms with Crippen molar-refractivity contribution in [3.05, 3.63) is 87.5 Å². The van der Waals surface area contributed by atoms with Crippen LogP contribution in [-0.2, 0) is 4.79 Å². The first kappa shape index (κ1) is 20.5. The number of Topliss-reactive ketones (excluding diaryl/α,β-unsaturated/α-hetero) is 1.